The molecule has 0 aliphatic rings. The van der Waals surface area contributed by atoms with Gasteiger partial charge in [-0.05, 0) is 31.3 Å². The van der Waals surface area contributed by atoms with Gasteiger partial charge in [-0.3, -0.25) is 0 Å². The van der Waals surface area contributed by atoms with Crippen LogP contribution in [0.1, 0.15) is 5.69 Å². The molecule has 0 saturated carbocycles. The quantitative estimate of drug-likeness (QED) is 0.885. The van der Waals surface area contributed by atoms with Crippen LogP contribution in [0.15, 0.2) is 36.4 Å². The SMILES string of the molecule is CNCc1ccc(-c2ccc(Cl)cc2)nn1. The number of halogens is 1. The maximum atomic E-state index is 5.82. The Bertz CT molecular complexity index is 451. The highest BCUT2D eigenvalue weighted by Crippen LogP contribution is 2.18. The second-order valence-electron chi connectivity index (χ2n) is 3.45. The van der Waals surface area contributed by atoms with Crippen molar-refractivity contribution in [2.45, 2.75) is 6.54 Å². The summed E-state index contributed by atoms with van der Waals surface area (Å²) in [6.07, 6.45) is 0. The molecule has 1 aromatic carbocycles. The van der Waals surface area contributed by atoms with Gasteiger partial charge in [-0.15, -0.1) is 0 Å². The van der Waals surface area contributed by atoms with Crippen molar-refractivity contribution in [3.63, 3.8) is 0 Å². The van der Waals surface area contributed by atoms with E-state index in [1.54, 1.807) is 0 Å². The molecule has 1 aromatic heterocycles. The fourth-order valence-electron chi connectivity index (χ4n) is 1.41. The molecule has 2 rings (SSSR count). The topological polar surface area (TPSA) is 37.8 Å². The summed E-state index contributed by atoms with van der Waals surface area (Å²) < 4.78 is 0. The highest BCUT2D eigenvalue weighted by Gasteiger charge is 2.00. The van der Waals surface area contributed by atoms with Gasteiger partial charge in [0, 0.05) is 17.1 Å². The molecule has 0 atom stereocenters. The summed E-state index contributed by atoms with van der Waals surface area (Å²) in [4.78, 5) is 0. The lowest BCUT2D eigenvalue weighted by Crippen LogP contribution is -2.07. The lowest BCUT2D eigenvalue weighted by atomic mass is 10.1. The van der Waals surface area contributed by atoms with Crippen molar-refractivity contribution in [1.29, 1.82) is 0 Å². The third-order valence-corrected chi connectivity index (χ3v) is 2.47. The molecule has 0 saturated heterocycles. The van der Waals surface area contributed by atoms with Crippen LogP contribution in [0.2, 0.25) is 5.02 Å². The molecule has 0 radical (unpaired) electrons. The molecule has 0 bridgehead atoms. The minimum Gasteiger partial charge on any atom is -0.314 e. The van der Waals surface area contributed by atoms with E-state index in [2.05, 4.69) is 15.5 Å². The summed E-state index contributed by atoms with van der Waals surface area (Å²) in [5.41, 5.74) is 2.81. The molecular formula is C12H12ClN3. The van der Waals surface area contributed by atoms with Gasteiger partial charge < -0.3 is 5.32 Å². The van der Waals surface area contributed by atoms with E-state index in [-0.39, 0.29) is 0 Å². The van der Waals surface area contributed by atoms with Crippen LogP contribution in [0.4, 0.5) is 0 Å². The molecule has 0 unspecified atom stereocenters. The standard InChI is InChI=1S/C12H12ClN3/c1-14-8-11-6-7-12(16-15-11)9-2-4-10(13)5-3-9/h2-7,14H,8H2,1H3. The number of nitrogens with zero attached hydrogens (tertiary/aromatic N) is 2. The Labute approximate surface area is 99.5 Å². The van der Waals surface area contributed by atoms with Gasteiger partial charge in [0.25, 0.3) is 0 Å². The van der Waals surface area contributed by atoms with Crippen molar-refractivity contribution >= 4 is 11.6 Å². The Morgan fingerprint density at radius 3 is 2.38 bits per heavy atom. The highest BCUT2D eigenvalue weighted by atomic mass is 35.5. The van der Waals surface area contributed by atoms with Crippen LogP contribution < -0.4 is 5.32 Å². The maximum absolute atomic E-state index is 5.82. The van der Waals surface area contributed by atoms with E-state index in [0.717, 1.165) is 28.5 Å². The zero-order valence-electron chi connectivity index (χ0n) is 8.94. The first-order valence-corrected chi connectivity index (χ1v) is 5.40. The van der Waals surface area contributed by atoms with E-state index >= 15 is 0 Å². The van der Waals surface area contributed by atoms with Crippen LogP contribution in [-0.2, 0) is 6.54 Å². The fraction of sp³-hybridized carbons (Fsp3) is 0.167. The van der Waals surface area contributed by atoms with Crippen molar-refractivity contribution in [2.75, 3.05) is 7.05 Å². The Hall–Kier alpha value is -1.45. The van der Waals surface area contributed by atoms with Crippen LogP contribution in [0, 0.1) is 0 Å². The molecule has 16 heavy (non-hydrogen) atoms. The van der Waals surface area contributed by atoms with E-state index in [1.807, 2.05) is 43.4 Å². The largest absolute Gasteiger partial charge is 0.314 e. The molecule has 2 aromatic rings. The Kier molecular flexibility index (Phi) is 3.49. The molecule has 0 aliphatic carbocycles. The molecule has 0 amide bonds. The highest BCUT2D eigenvalue weighted by molar-refractivity contribution is 6.30. The van der Waals surface area contributed by atoms with Crippen LogP contribution >= 0.6 is 11.6 Å². The van der Waals surface area contributed by atoms with Gasteiger partial charge in [-0.25, -0.2) is 0 Å². The second-order valence-corrected chi connectivity index (χ2v) is 3.88. The smallest absolute Gasteiger partial charge is 0.0929 e. The van der Waals surface area contributed by atoms with Crippen molar-refractivity contribution < 1.29 is 0 Å². The van der Waals surface area contributed by atoms with E-state index in [0.29, 0.717) is 0 Å². The van der Waals surface area contributed by atoms with Crippen LogP contribution in [0.3, 0.4) is 0 Å². The first-order chi connectivity index (χ1) is 7.79. The van der Waals surface area contributed by atoms with Crippen LogP contribution in [-0.4, -0.2) is 17.2 Å². The molecule has 0 aliphatic heterocycles. The number of aromatic nitrogens is 2. The minimum atomic E-state index is 0.725. The summed E-state index contributed by atoms with van der Waals surface area (Å²) in [6, 6.07) is 11.5. The van der Waals surface area contributed by atoms with Crippen molar-refractivity contribution in [2.24, 2.45) is 0 Å². The molecule has 0 fully saturated rings. The minimum absolute atomic E-state index is 0.725. The molecule has 0 spiro atoms. The predicted octanol–water partition coefficient (Wildman–Crippen LogP) is 2.52. The molecular weight excluding hydrogens is 222 g/mol. The Morgan fingerprint density at radius 1 is 1.06 bits per heavy atom. The van der Waals surface area contributed by atoms with Crippen molar-refractivity contribution in [3.8, 4) is 11.3 Å². The van der Waals surface area contributed by atoms with Gasteiger partial charge in [0.15, 0.2) is 0 Å². The molecule has 4 heteroatoms. The molecule has 3 nitrogen and oxygen atoms in total. The van der Waals surface area contributed by atoms with Crippen LogP contribution in [0.25, 0.3) is 11.3 Å². The number of hydrogen-bond acceptors (Lipinski definition) is 3. The van der Waals surface area contributed by atoms with Crippen molar-refractivity contribution in [3.05, 3.63) is 47.1 Å². The first kappa shape index (κ1) is 11.0. The van der Waals surface area contributed by atoms with Gasteiger partial charge in [0.1, 0.15) is 0 Å². The Morgan fingerprint density at radius 2 is 1.81 bits per heavy atom. The summed E-state index contributed by atoms with van der Waals surface area (Å²) in [6.45, 7) is 0.730. The third-order valence-electron chi connectivity index (χ3n) is 2.22. The Balaban J connectivity index is 2.24. The van der Waals surface area contributed by atoms with Crippen molar-refractivity contribution in [1.82, 2.24) is 15.5 Å². The zero-order chi connectivity index (χ0) is 11.4. The lowest BCUT2D eigenvalue weighted by molar-refractivity contribution is 0.768. The normalized spacial score (nSPS) is 10.4. The van der Waals surface area contributed by atoms with Gasteiger partial charge >= 0.3 is 0 Å². The maximum Gasteiger partial charge on any atom is 0.0929 e. The van der Waals surface area contributed by atoms with E-state index in [4.69, 9.17) is 11.6 Å². The summed E-state index contributed by atoms with van der Waals surface area (Å²) in [7, 11) is 1.88. The van der Waals surface area contributed by atoms with Gasteiger partial charge in [0.2, 0.25) is 0 Å². The molecule has 82 valence electrons. The van der Waals surface area contributed by atoms with E-state index in [9.17, 15) is 0 Å². The first-order valence-electron chi connectivity index (χ1n) is 5.03. The molecule has 1 heterocycles. The summed E-state index contributed by atoms with van der Waals surface area (Å²) in [5, 5.41) is 12.0. The number of rotatable bonds is 3. The van der Waals surface area contributed by atoms with E-state index < -0.39 is 0 Å². The average Bonchev–Trinajstić information content (AvgIpc) is 2.32. The van der Waals surface area contributed by atoms with E-state index in [1.165, 1.54) is 0 Å². The fourth-order valence-corrected chi connectivity index (χ4v) is 1.54. The van der Waals surface area contributed by atoms with Gasteiger partial charge in [-0.2, -0.15) is 10.2 Å². The zero-order valence-corrected chi connectivity index (χ0v) is 9.70. The third kappa shape index (κ3) is 2.56. The number of hydrogen-bond donors (Lipinski definition) is 1. The molecule has 1 N–H and O–H groups in total. The number of nitrogens with one attached hydrogen (secondary N) is 1. The summed E-state index contributed by atoms with van der Waals surface area (Å²) >= 11 is 5.82. The summed E-state index contributed by atoms with van der Waals surface area (Å²) in [5.74, 6) is 0. The van der Waals surface area contributed by atoms with Gasteiger partial charge in [-0.1, -0.05) is 23.7 Å². The number of benzene rings is 1. The van der Waals surface area contributed by atoms with Gasteiger partial charge in [0.05, 0.1) is 11.4 Å². The van der Waals surface area contributed by atoms with Crippen LogP contribution in [0.5, 0.6) is 0 Å². The monoisotopic (exact) mass is 233 g/mol. The second kappa shape index (κ2) is 5.05. The predicted molar refractivity (Wildman–Crippen MR) is 65.2 cm³/mol. The lowest BCUT2D eigenvalue weighted by Gasteiger charge is -2.02. The average molecular weight is 234 g/mol.